The second kappa shape index (κ2) is 3.97. The summed E-state index contributed by atoms with van der Waals surface area (Å²) >= 11 is 0. The summed E-state index contributed by atoms with van der Waals surface area (Å²) in [6, 6.07) is 0.115. The molecule has 2 atom stereocenters. The van der Waals surface area contributed by atoms with Gasteiger partial charge in [-0.1, -0.05) is 0 Å². The summed E-state index contributed by atoms with van der Waals surface area (Å²) in [7, 11) is 1.78. The van der Waals surface area contributed by atoms with Crippen LogP contribution in [0.25, 0.3) is 0 Å². The second-order valence-electron chi connectivity index (χ2n) is 2.76. The fourth-order valence-electron chi connectivity index (χ4n) is 1.55. The van der Waals surface area contributed by atoms with Crippen LogP contribution in [-0.4, -0.2) is 25.8 Å². The van der Waals surface area contributed by atoms with Gasteiger partial charge in [0.2, 0.25) is 0 Å². The molecule has 0 radical (unpaired) electrons. The third-order valence-corrected chi connectivity index (χ3v) is 2.10. The molecule has 1 aliphatic carbocycles. The van der Waals surface area contributed by atoms with E-state index in [0.717, 1.165) is 19.3 Å². The first-order chi connectivity index (χ1) is 5.24. The summed E-state index contributed by atoms with van der Waals surface area (Å²) in [6.45, 7) is -2.63. The minimum absolute atomic E-state index is 0.115. The van der Waals surface area contributed by atoms with Crippen LogP contribution in [-0.2, 0) is 4.74 Å². The zero-order valence-electron chi connectivity index (χ0n) is 6.52. The summed E-state index contributed by atoms with van der Waals surface area (Å²) in [6.07, 6.45) is 2.37. The standard InChI is InChI=1S/C7H13F2NO/c1-10-5-3-2-4-6(5)11-7(8)9/h5-7,10H,2-4H2,1H3/t5-,6-/m1/s1. The van der Waals surface area contributed by atoms with Crippen molar-refractivity contribution < 1.29 is 13.5 Å². The number of alkyl halides is 2. The highest BCUT2D eigenvalue weighted by Crippen LogP contribution is 2.23. The van der Waals surface area contributed by atoms with E-state index in [2.05, 4.69) is 10.1 Å². The molecule has 2 nitrogen and oxygen atoms in total. The quantitative estimate of drug-likeness (QED) is 0.681. The maximum absolute atomic E-state index is 11.7. The largest absolute Gasteiger partial charge is 0.345 e. The van der Waals surface area contributed by atoms with Gasteiger partial charge in [-0.25, -0.2) is 0 Å². The Morgan fingerprint density at radius 1 is 1.45 bits per heavy atom. The molecule has 4 heteroatoms. The second-order valence-corrected chi connectivity index (χ2v) is 2.76. The predicted octanol–water partition coefficient (Wildman–Crippen LogP) is 1.37. The molecule has 0 spiro atoms. The molecule has 11 heavy (non-hydrogen) atoms. The van der Waals surface area contributed by atoms with E-state index in [9.17, 15) is 8.78 Å². The lowest BCUT2D eigenvalue weighted by Gasteiger charge is -2.18. The third kappa shape index (κ3) is 2.38. The van der Waals surface area contributed by atoms with Crippen molar-refractivity contribution in [3.63, 3.8) is 0 Å². The molecule has 0 amide bonds. The van der Waals surface area contributed by atoms with E-state index in [1.54, 1.807) is 7.05 Å². The Morgan fingerprint density at radius 2 is 2.18 bits per heavy atom. The van der Waals surface area contributed by atoms with Crippen LogP contribution in [0.5, 0.6) is 0 Å². The molecule has 0 heterocycles. The first kappa shape index (κ1) is 8.87. The summed E-state index contributed by atoms with van der Waals surface area (Å²) in [5.41, 5.74) is 0. The smallest absolute Gasteiger partial charge is 0.318 e. The van der Waals surface area contributed by atoms with E-state index >= 15 is 0 Å². The number of nitrogens with one attached hydrogen (secondary N) is 1. The van der Waals surface area contributed by atoms with E-state index in [4.69, 9.17) is 0 Å². The van der Waals surface area contributed by atoms with Gasteiger partial charge in [0, 0.05) is 6.04 Å². The molecule has 0 aromatic carbocycles. The van der Waals surface area contributed by atoms with Crippen LogP contribution in [0.2, 0.25) is 0 Å². The molecule has 1 saturated carbocycles. The molecular weight excluding hydrogens is 152 g/mol. The Hall–Kier alpha value is -0.220. The first-order valence-electron chi connectivity index (χ1n) is 3.85. The fraction of sp³-hybridized carbons (Fsp3) is 1.00. The van der Waals surface area contributed by atoms with Crippen molar-refractivity contribution >= 4 is 0 Å². The topological polar surface area (TPSA) is 21.3 Å². The summed E-state index contributed by atoms with van der Waals surface area (Å²) < 4.78 is 27.9. The lowest BCUT2D eigenvalue weighted by molar-refractivity contribution is -0.165. The zero-order chi connectivity index (χ0) is 8.27. The van der Waals surface area contributed by atoms with E-state index in [1.807, 2.05) is 0 Å². The maximum Gasteiger partial charge on any atom is 0.345 e. The molecule has 0 unspecified atom stereocenters. The number of ether oxygens (including phenoxy) is 1. The minimum Gasteiger partial charge on any atom is -0.318 e. The number of likely N-dealkylation sites (N-methyl/N-ethyl adjacent to an activating group) is 1. The first-order valence-corrected chi connectivity index (χ1v) is 3.85. The van der Waals surface area contributed by atoms with Crippen molar-refractivity contribution in [1.29, 1.82) is 0 Å². The SMILES string of the molecule is CN[C@@H]1CCC[C@H]1OC(F)F. The van der Waals surface area contributed by atoms with Crippen molar-refractivity contribution in [3.05, 3.63) is 0 Å². The molecule has 0 aliphatic heterocycles. The van der Waals surface area contributed by atoms with Crippen LogP contribution in [0.1, 0.15) is 19.3 Å². The molecule has 0 aromatic heterocycles. The van der Waals surface area contributed by atoms with Crippen molar-refractivity contribution in [2.45, 2.75) is 38.0 Å². The van der Waals surface area contributed by atoms with Crippen LogP contribution in [0.4, 0.5) is 8.78 Å². The van der Waals surface area contributed by atoms with Crippen LogP contribution in [0.3, 0.4) is 0 Å². The lowest BCUT2D eigenvalue weighted by Crippen LogP contribution is -2.35. The van der Waals surface area contributed by atoms with Gasteiger partial charge in [0.1, 0.15) is 0 Å². The van der Waals surface area contributed by atoms with Crippen LogP contribution >= 0.6 is 0 Å². The van der Waals surface area contributed by atoms with Gasteiger partial charge in [0.05, 0.1) is 6.10 Å². The predicted molar refractivity (Wildman–Crippen MR) is 37.6 cm³/mol. The molecule has 66 valence electrons. The van der Waals surface area contributed by atoms with Gasteiger partial charge in [-0.15, -0.1) is 0 Å². The molecular formula is C7H13F2NO. The number of hydrogen-bond acceptors (Lipinski definition) is 2. The van der Waals surface area contributed by atoms with Gasteiger partial charge in [-0.2, -0.15) is 8.78 Å². The van der Waals surface area contributed by atoms with E-state index in [-0.39, 0.29) is 12.1 Å². The Morgan fingerprint density at radius 3 is 2.73 bits per heavy atom. The van der Waals surface area contributed by atoms with Crippen molar-refractivity contribution in [1.82, 2.24) is 5.32 Å². The Labute approximate surface area is 64.9 Å². The fourth-order valence-corrected chi connectivity index (χ4v) is 1.55. The molecule has 0 saturated heterocycles. The van der Waals surface area contributed by atoms with E-state index in [0.29, 0.717) is 0 Å². The van der Waals surface area contributed by atoms with Gasteiger partial charge in [0.25, 0.3) is 0 Å². The molecule has 0 aromatic rings. The summed E-state index contributed by atoms with van der Waals surface area (Å²) in [4.78, 5) is 0. The Kier molecular flexibility index (Phi) is 3.20. The summed E-state index contributed by atoms with van der Waals surface area (Å²) in [5, 5.41) is 2.96. The minimum atomic E-state index is -2.63. The monoisotopic (exact) mass is 165 g/mol. The number of halogens is 2. The van der Waals surface area contributed by atoms with Gasteiger partial charge in [-0.05, 0) is 26.3 Å². The molecule has 1 aliphatic rings. The maximum atomic E-state index is 11.7. The lowest BCUT2D eigenvalue weighted by atomic mass is 10.2. The van der Waals surface area contributed by atoms with Crippen molar-refractivity contribution in [3.8, 4) is 0 Å². The Balaban J connectivity index is 2.31. The van der Waals surface area contributed by atoms with Crippen molar-refractivity contribution in [2.24, 2.45) is 0 Å². The van der Waals surface area contributed by atoms with E-state index < -0.39 is 6.61 Å². The normalized spacial score (nSPS) is 31.6. The summed E-state index contributed by atoms with van der Waals surface area (Å²) in [5.74, 6) is 0. The van der Waals surface area contributed by atoms with Gasteiger partial charge < -0.3 is 10.1 Å². The highest BCUT2D eigenvalue weighted by molar-refractivity contribution is 4.82. The zero-order valence-corrected chi connectivity index (χ0v) is 6.52. The van der Waals surface area contributed by atoms with Crippen molar-refractivity contribution in [2.75, 3.05) is 7.05 Å². The van der Waals surface area contributed by atoms with E-state index in [1.165, 1.54) is 0 Å². The third-order valence-electron chi connectivity index (χ3n) is 2.10. The van der Waals surface area contributed by atoms with Crippen LogP contribution < -0.4 is 5.32 Å². The highest BCUT2D eigenvalue weighted by Gasteiger charge is 2.28. The molecule has 0 bridgehead atoms. The number of hydrogen-bond donors (Lipinski definition) is 1. The molecule has 1 fully saturated rings. The van der Waals surface area contributed by atoms with Crippen LogP contribution in [0.15, 0.2) is 0 Å². The Bertz CT molecular complexity index is 121. The average Bonchev–Trinajstić information content (AvgIpc) is 2.34. The van der Waals surface area contributed by atoms with Crippen LogP contribution in [0, 0.1) is 0 Å². The van der Waals surface area contributed by atoms with Gasteiger partial charge in [0.15, 0.2) is 0 Å². The van der Waals surface area contributed by atoms with Gasteiger partial charge in [-0.3, -0.25) is 0 Å². The molecule has 1 N–H and O–H groups in total. The molecule has 1 rings (SSSR count). The van der Waals surface area contributed by atoms with Gasteiger partial charge >= 0.3 is 6.61 Å². The highest BCUT2D eigenvalue weighted by atomic mass is 19.3. The number of rotatable bonds is 3. The average molecular weight is 165 g/mol.